The monoisotopic (exact) mass is 353 g/mol. The Morgan fingerprint density at radius 3 is 2.65 bits per heavy atom. The quantitative estimate of drug-likeness (QED) is 0.818. The summed E-state index contributed by atoms with van der Waals surface area (Å²) < 4.78 is 23.1. The molecule has 0 fully saturated rings. The van der Waals surface area contributed by atoms with Gasteiger partial charge in [-0.1, -0.05) is 6.07 Å². The van der Waals surface area contributed by atoms with Gasteiger partial charge in [0.05, 0.1) is 16.8 Å². The lowest BCUT2D eigenvalue weighted by atomic mass is 10.3. The van der Waals surface area contributed by atoms with Crippen LogP contribution in [0.25, 0.3) is 0 Å². The molecular weight excluding hydrogens is 332 g/mol. The molecule has 0 bridgehead atoms. The molecule has 0 spiro atoms. The predicted molar refractivity (Wildman–Crippen MR) is 92.7 cm³/mol. The Morgan fingerprint density at radius 1 is 1.30 bits per heavy atom. The summed E-state index contributed by atoms with van der Waals surface area (Å²) in [5.41, 5.74) is 1.74. The Hall–Kier alpha value is -1.70. The third-order valence-electron chi connectivity index (χ3n) is 3.44. The topological polar surface area (TPSA) is 67.7 Å². The van der Waals surface area contributed by atoms with E-state index in [1.807, 2.05) is 7.05 Å². The normalized spacial score (nSPS) is 12.8. The number of carbonyl (C=O) groups excluding carboxylic acids is 1. The van der Waals surface area contributed by atoms with Crippen LogP contribution in [0, 0.1) is 6.92 Å². The van der Waals surface area contributed by atoms with Crippen LogP contribution in [-0.2, 0) is 21.2 Å². The third-order valence-corrected chi connectivity index (χ3v) is 5.57. The van der Waals surface area contributed by atoms with Gasteiger partial charge in [0, 0.05) is 11.9 Å². The third kappa shape index (κ3) is 5.16. The molecule has 1 amide bonds. The molecule has 0 saturated heterocycles. The van der Waals surface area contributed by atoms with Gasteiger partial charge in [0.15, 0.2) is 16.4 Å². The number of quaternary nitrogens is 1. The van der Waals surface area contributed by atoms with E-state index in [0.29, 0.717) is 12.2 Å². The van der Waals surface area contributed by atoms with Crippen molar-refractivity contribution in [2.45, 2.75) is 18.4 Å². The highest BCUT2D eigenvalue weighted by molar-refractivity contribution is 7.90. The second kappa shape index (κ2) is 7.25. The first-order valence-electron chi connectivity index (χ1n) is 7.20. The molecule has 5 nitrogen and oxygen atoms in total. The fourth-order valence-corrected chi connectivity index (χ4v) is 3.89. The van der Waals surface area contributed by atoms with Crippen LogP contribution in [0.1, 0.15) is 10.4 Å². The highest BCUT2D eigenvalue weighted by atomic mass is 32.2. The van der Waals surface area contributed by atoms with Gasteiger partial charge in [0.25, 0.3) is 5.91 Å². The molecule has 1 heterocycles. The van der Waals surface area contributed by atoms with E-state index in [1.165, 1.54) is 22.6 Å². The molecular formula is C16H21N2O3S2+. The van der Waals surface area contributed by atoms with E-state index in [1.54, 1.807) is 23.5 Å². The maximum absolute atomic E-state index is 12.1. The number of anilines is 1. The maximum Gasteiger partial charge on any atom is 0.279 e. The van der Waals surface area contributed by atoms with E-state index >= 15 is 0 Å². The number of sulfone groups is 1. The van der Waals surface area contributed by atoms with Crippen molar-refractivity contribution in [2.75, 3.05) is 25.2 Å². The Kier molecular flexibility index (Phi) is 5.56. The van der Waals surface area contributed by atoms with Crippen LogP contribution in [0.2, 0.25) is 0 Å². The molecule has 7 heteroatoms. The largest absolute Gasteiger partial charge is 0.325 e. The number of aryl methyl sites for hydroxylation is 1. The predicted octanol–water partition coefficient (Wildman–Crippen LogP) is 1.11. The van der Waals surface area contributed by atoms with Crippen molar-refractivity contribution >= 4 is 32.8 Å². The van der Waals surface area contributed by atoms with Gasteiger partial charge < -0.3 is 10.2 Å². The number of likely N-dealkylation sites (N-methyl/N-ethyl adjacent to an activating group) is 1. The minimum Gasteiger partial charge on any atom is -0.325 e. The van der Waals surface area contributed by atoms with E-state index in [-0.39, 0.29) is 10.8 Å². The summed E-state index contributed by atoms with van der Waals surface area (Å²) in [6.45, 7) is 3.18. The van der Waals surface area contributed by atoms with Gasteiger partial charge in [-0.15, -0.1) is 11.3 Å². The molecule has 1 aromatic heterocycles. The summed E-state index contributed by atoms with van der Waals surface area (Å²) in [5, 5.41) is 4.81. The van der Waals surface area contributed by atoms with Crippen molar-refractivity contribution in [3.05, 3.63) is 46.2 Å². The molecule has 1 atom stereocenters. The average molecular weight is 353 g/mol. The lowest BCUT2D eigenvalue weighted by Crippen LogP contribution is -3.08. The SMILES string of the molecule is Cc1ccsc1C[NH+](C)CC(=O)Nc1cccc(S(C)(=O)=O)c1. The van der Waals surface area contributed by atoms with Crippen molar-refractivity contribution in [3.8, 4) is 0 Å². The van der Waals surface area contributed by atoms with Gasteiger partial charge in [-0.05, 0) is 42.1 Å². The molecule has 1 aromatic carbocycles. The van der Waals surface area contributed by atoms with Crippen molar-refractivity contribution in [1.82, 2.24) is 0 Å². The number of carbonyl (C=O) groups is 1. The lowest BCUT2D eigenvalue weighted by Gasteiger charge is -2.14. The standard InChI is InChI=1S/C16H20N2O3S2/c1-12-7-8-22-15(12)10-18(2)11-16(19)17-13-5-4-6-14(9-13)23(3,20)21/h4-9H,10-11H2,1-3H3,(H,17,19)/p+1. The van der Waals surface area contributed by atoms with Crippen molar-refractivity contribution in [3.63, 3.8) is 0 Å². The molecule has 2 N–H and O–H groups in total. The molecule has 2 rings (SSSR count). The Bertz CT molecular complexity index is 797. The molecule has 23 heavy (non-hydrogen) atoms. The van der Waals surface area contributed by atoms with Gasteiger partial charge in [-0.25, -0.2) is 8.42 Å². The highest BCUT2D eigenvalue weighted by Crippen LogP contribution is 2.15. The summed E-state index contributed by atoms with van der Waals surface area (Å²) in [7, 11) is -1.31. The summed E-state index contributed by atoms with van der Waals surface area (Å²) in [4.78, 5) is 14.7. The van der Waals surface area contributed by atoms with E-state index in [9.17, 15) is 13.2 Å². The first-order valence-corrected chi connectivity index (χ1v) is 9.97. The first kappa shape index (κ1) is 17.7. The Balaban J connectivity index is 1.96. The van der Waals surface area contributed by atoms with Crippen LogP contribution in [0.3, 0.4) is 0 Å². The van der Waals surface area contributed by atoms with E-state index in [4.69, 9.17) is 0 Å². The molecule has 0 aliphatic carbocycles. The summed E-state index contributed by atoms with van der Waals surface area (Å²) in [5.74, 6) is -0.137. The van der Waals surface area contributed by atoms with Crippen LogP contribution < -0.4 is 10.2 Å². The van der Waals surface area contributed by atoms with E-state index < -0.39 is 9.84 Å². The Morgan fingerprint density at radius 2 is 2.04 bits per heavy atom. The second-order valence-electron chi connectivity index (χ2n) is 5.69. The van der Waals surface area contributed by atoms with Crippen LogP contribution >= 0.6 is 11.3 Å². The number of hydrogen-bond acceptors (Lipinski definition) is 4. The lowest BCUT2D eigenvalue weighted by molar-refractivity contribution is -0.884. The number of benzene rings is 1. The van der Waals surface area contributed by atoms with Crippen LogP contribution in [0.4, 0.5) is 5.69 Å². The highest BCUT2D eigenvalue weighted by Gasteiger charge is 2.14. The van der Waals surface area contributed by atoms with Gasteiger partial charge in [0.2, 0.25) is 0 Å². The average Bonchev–Trinajstić information content (AvgIpc) is 2.83. The van der Waals surface area contributed by atoms with Gasteiger partial charge in [-0.3, -0.25) is 4.79 Å². The molecule has 1 unspecified atom stereocenters. The van der Waals surface area contributed by atoms with Gasteiger partial charge >= 0.3 is 0 Å². The van der Waals surface area contributed by atoms with Gasteiger partial charge in [0.1, 0.15) is 6.54 Å². The van der Waals surface area contributed by atoms with E-state index in [2.05, 4.69) is 23.7 Å². The number of nitrogens with one attached hydrogen (secondary N) is 2. The fraction of sp³-hybridized carbons (Fsp3) is 0.312. The zero-order chi connectivity index (χ0) is 17.0. The number of hydrogen-bond donors (Lipinski definition) is 2. The number of thiophene rings is 1. The Labute approximate surface area is 140 Å². The smallest absolute Gasteiger partial charge is 0.279 e. The summed E-state index contributed by atoms with van der Waals surface area (Å²) in [6, 6.07) is 8.38. The summed E-state index contributed by atoms with van der Waals surface area (Å²) in [6.07, 6.45) is 1.15. The molecule has 2 aromatic rings. The maximum atomic E-state index is 12.1. The molecule has 0 radical (unpaired) electrons. The first-order chi connectivity index (χ1) is 10.8. The fourth-order valence-electron chi connectivity index (χ4n) is 2.21. The minimum absolute atomic E-state index is 0.137. The van der Waals surface area contributed by atoms with Crippen LogP contribution in [-0.4, -0.2) is 34.2 Å². The minimum atomic E-state index is -3.28. The molecule has 0 aliphatic heterocycles. The van der Waals surface area contributed by atoms with Crippen molar-refractivity contribution in [2.24, 2.45) is 0 Å². The molecule has 0 aliphatic rings. The van der Waals surface area contributed by atoms with Crippen molar-refractivity contribution in [1.29, 1.82) is 0 Å². The zero-order valence-electron chi connectivity index (χ0n) is 13.4. The van der Waals surface area contributed by atoms with Crippen LogP contribution in [0.15, 0.2) is 40.6 Å². The van der Waals surface area contributed by atoms with Crippen molar-refractivity contribution < 1.29 is 18.1 Å². The van der Waals surface area contributed by atoms with Crippen LogP contribution in [0.5, 0.6) is 0 Å². The van der Waals surface area contributed by atoms with E-state index in [0.717, 1.165) is 17.7 Å². The molecule has 0 saturated carbocycles. The summed E-state index contributed by atoms with van der Waals surface area (Å²) >= 11 is 1.69. The zero-order valence-corrected chi connectivity index (χ0v) is 15.1. The van der Waals surface area contributed by atoms with Gasteiger partial charge in [-0.2, -0.15) is 0 Å². The number of rotatable bonds is 6. The number of amides is 1. The molecule has 124 valence electrons. The second-order valence-corrected chi connectivity index (χ2v) is 8.70.